The third kappa shape index (κ3) is 4.24. The topological polar surface area (TPSA) is 58.6 Å². The first-order valence-corrected chi connectivity index (χ1v) is 6.95. The molecule has 0 aromatic heterocycles. The molecule has 2 N–H and O–H groups in total. The Morgan fingerprint density at radius 2 is 1.89 bits per heavy atom. The molecule has 0 atom stereocenters. The highest BCUT2D eigenvalue weighted by Crippen LogP contribution is 2.21. The van der Waals surface area contributed by atoms with Crippen molar-refractivity contribution in [3.05, 3.63) is 29.8 Å². The lowest BCUT2D eigenvalue weighted by Crippen LogP contribution is -2.20. The van der Waals surface area contributed by atoms with Gasteiger partial charge in [0, 0.05) is 12.2 Å². The van der Waals surface area contributed by atoms with Gasteiger partial charge < -0.3 is 15.2 Å². The van der Waals surface area contributed by atoms with Gasteiger partial charge in [-0.1, -0.05) is 6.42 Å². The van der Waals surface area contributed by atoms with E-state index in [-0.39, 0.29) is 18.7 Å². The van der Waals surface area contributed by atoms with Crippen molar-refractivity contribution in [3.63, 3.8) is 0 Å². The number of hydrogen-bond acceptors (Lipinski definition) is 4. The third-order valence-electron chi connectivity index (χ3n) is 3.39. The summed E-state index contributed by atoms with van der Waals surface area (Å²) in [4.78, 5) is 12.0. The molecule has 0 radical (unpaired) electrons. The van der Waals surface area contributed by atoms with Crippen LogP contribution in [0.3, 0.4) is 0 Å². The van der Waals surface area contributed by atoms with Gasteiger partial charge in [0.05, 0.1) is 12.2 Å². The van der Waals surface area contributed by atoms with E-state index in [1.165, 1.54) is 6.42 Å². The summed E-state index contributed by atoms with van der Waals surface area (Å²) in [7, 11) is 0. The van der Waals surface area contributed by atoms with Gasteiger partial charge in [0.1, 0.15) is 6.10 Å². The molecular formula is C15H21NO3. The summed E-state index contributed by atoms with van der Waals surface area (Å²) >= 11 is 0. The van der Waals surface area contributed by atoms with E-state index in [1.807, 2.05) is 12.1 Å². The molecule has 0 unspecified atom stereocenters. The number of carbonyl (C=O) groups excluding carboxylic acids is 1. The molecule has 2 rings (SSSR count). The van der Waals surface area contributed by atoms with Crippen LogP contribution in [0.25, 0.3) is 0 Å². The van der Waals surface area contributed by atoms with E-state index < -0.39 is 0 Å². The van der Waals surface area contributed by atoms with E-state index in [0.717, 1.165) is 31.4 Å². The monoisotopic (exact) mass is 263 g/mol. The quantitative estimate of drug-likeness (QED) is 0.802. The maximum atomic E-state index is 12.0. The standard InChI is InChI=1S/C15H21NO3/c17-11-10-16-13-8-6-12(7-9-13)15(18)19-14-4-2-1-3-5-14/h6-9,14,16-17H,1-5,10-11H2. The van der Waals surface area contributed by atoms with Crippen LogP contribution in [0.15, 0.2) is 24.3 Å². The summed E-state index contributed by atoms with van der Waals surface area (Å²) in [5.74, 6) is -0.236. The van der Waals surface area contributed by atoms with Gasteiger partial charge in [-0.3, -0.25) is 0 Å². The Balaban J connectivity index is 1.87. The number of rotatable bonds is 5. The van der Waals surface area contributed by atoms with Crippen molar-refractivity contribution >= 4 is 11.7 Å². The summed E-state index contributed by atoms with van der Waals surface area (Å²) in [6.45, 7) is 0.595. The van der Waals surface area contributed by atoms with Crippen molar-refractivity contribution in [1.29, 1.82) is 0 Å². The summed E-state index contributed by atoms with van der Waals surface area (Å²) < 4.78 is 5.50. The molecule has 1 aliphatic rings. The molecule has 0 aliphatic heterocycles. The Bertz CT molecular complexity index is 396. The Hall–Kier alpha value is -1.55. The molecule has 1 aromatic rings. The molecule has 0 amide bonds. The maximum Gasteiger partial charge on any atom is 0.338 e. The van der Waals surface area contributed by atoms with Gasteiger partial charge >= 0.3 is 5.97 Å². The predicted molar refractivity (Wildman–Crippen MR) is 74.3 cm³/mol. The van der Waals surface area contributed by atoms with E-state index in [1.54, 1.807) is 12.1 Å². The number of aliphatic hydroxyl groups excluding tert-OH is 1. The van der Waals surface area contributed by atoms with Crippen LogP contribution in [0.2, 0.25) is 0 Å². The number of esters is 1. The van der Waals surface area contributed by atoms with E-state index in [0.29, 0.717) is 12.1 Å². The molecule has 104 valence electrons. The lowest BCUT2D eigenvalue weighted by atomic mass is 9.98. The zero-order valence-electron chi connectivity index (χ0n) is 11.1. The zero-order valence-corrected chi connectivity index (χ0v) is 11.1. The van der Waals surface area contributed by atoms with Gasteiger partial charge in [0.15, 0.2) is 0 Å². The lowest BCUT2D eigenvalue weighted by Gasteiger charge is -2.21. The van der Waals surface area contributed by atoms with E-state index in [2.05, 4.69) is 5.32 Å². The van der Waals surface area contributed by atoms with Gasteiger partial charge in [-0.05, 0) is 49.9 Å². The van der Waals surface area contributed by atoms with Crippen LogP contribution in [0.5, 0.6) is 0 Å². The number of carbonyl (C=O) groups is 1. The molecule has 1 saturated carbocycles. The van der Waals surface area contributed by atoms with Gasteiger partial charge in [-0.15, -0.1) is 0 Å². The second-order valence-electron chi connectivity index (χ2n) is 4.89. The number of aliphatic hydroxyl groups is 1. The van der Waals surface area contributed by atoms with Crippen molar-refractivity contribution in [2.24, 2.45) is 0 Å². The number of benzene rings is 1. The first kappa shape index (κ1) is 13.9. The highest BCUT2D eigenvalue weighted by molar-refractivity contribution is 5.89. The number of hydrogen-bond donors (Lipinski definition) is 2. The normalized spacial score (nSPS) is 16.1. The predicted octanol–water partition coefficient (Wildman–Crippen LogP) is 2.58. The molecule has 4 nitrogen and oxygen atoms in total. The minimum Gasteiger partial charge on any atom is -0.459 e. The third-order valence-corrected chi connectivity index (χ3v) is 3.39. The molecule has 19 heavy (non-hydrogen) atoms. The Morgan fingerprint density at radius 1 is 1.21 bits per heavy atom. The second kappa shape index (κ2) is 7.14. The van der Waals surface area contributed by atoms with Crippen molar-refractivity contribution in [2.75, 3.05) is 18.5 Å². The van der Waals surface area contributed by atoms with Crippen molar-refractivity contribution < 1.29 is 14.6 Å². The van der Waals surface area contributed by atoms with Crippen LogP contribution in [-0.4, -0.2) is 30.3 Å². The summed E-state index contributed by atoms with van der Waals surface area (Å²) in [5.41, 5.74) is 1.48. The van der Waals surface area contributed by atoms with Crippen LogP contribution in [-0.2, 0) is 4.74 Å². The average Bonchev–Trinajstić information content (AvgIpc) is 2.46. The van der Waals surface area contributed by atoms with Crippen LogP contribution >= 0.6 is 0 Å². The van der Waals surface area contributed by atoms with Crippen molar-refractivity contribution in [1.82, 2.24) is 0 Å². The summed E-state index contributed by atoms with van der Waals surface area (Å²) in [5, 5.41) is 11.8. The molecular weight excluding hydrogens is 242 g/mol. The van der Waals surface area contributed by atoms with Crippen molar-refractivity contribution in [2.45, 2.75) is 38.2 Å². The van der Waals surface area contributed by atoms with Gasteiger partial charge in [0.2, 0.25) is 0 Å². The van der Waals surface area contributed by atoms with E-state index >= 15 is 0 Å². The molecule has 1 fully saturated rings. The van der Waals surface area contributed by atoms with Crippen LogP contribution < -0.4 is 5.32 Å². The maximum absolute atomic E-state index is 12.0. The largest absolute Gasteiger partial charge is 0.459 e. The van der Waals surface area contributed by atoms with Crippen LogP contribution in [0, 0.1) is 0 Å². The molecule has 0 spiro atoms. The number of nitrogens with one attached hydrogen (secondary N) is 1. The fraction of sp³-hybridized carbons (Fsp3) is 0.533. The van der Waals surface area contributed by atoms with Crippen LogP contribution in [0.4, 0.5) is 5.69 Å². The Morgan fingerprint density at radius 3 is 2.53 bits per heavy atom. The fourth-order valence-electron chi connectivity index (χ4n) is 2.33. The first-order valence-electron chi connectivity index (χ1n) is 6.95. The van der Waals surface area contributed by atoms with Crippen LogP contribution in [0.1, 0.15) is 42.5 Å². The Labute approximate surface area is 113 Å². The summed E-state index contributed by atoms with van der Waals surface area (Å²) in [6.07, 6.45) is 5.63. The van der Waals surface area contributed by atoms with E-state index in [4.69, 9.17) is 9.84 Å². The molecule has 0 saturated heterocycles. The highest BCUT2D eigenvalue weighted by atomic mass is 16.5. The minimum atomic E-state index is -0.236. The lowest BCUT2D eigenvalue weighted by molar-refractivity contribution is 0.0211. The number of anilines is 1. The molecule has 0 heterocycles. The Kier molecular flexibility index (Phi) is 5.21. The van der Waals surface area contributed by atoms with Gasteiger partial charge in [-0.25, -0.2) is 4.79 Å². The molecule has 4 heteroatoms. The average molecular weight is 263 g/mol. The number of ether oxygens (including phenoxy) is 1. The van der Waals surface area contributed by atoms with E-state index in [9.17, 15) is 4.79 Å². The highest BCUT2D eigenvalue weighted by Gasteiger charge is 2.18. The zero-order chi connectivity index (χ0) is 13.5. The smallest absolute Gasteiger partial charge is 0.338 e. The minimum absolute atomic E-state index is 0.0888. The molecule has 1 aliphatic carbocycles. The molecule has 0 bridgehead atoms. The SMILES string of the molecule is O=C(OC1CCCCC1)c1ccc(NCCO)cc1. The fourth-order valence-corrected chi connectivity index (χ4v) is 2.33. The second-order valence-corrected chi connectivity index (χ2v) is 4.89. The molecule has 1 aromatic carbocycles. The van der Waals surface area contributed by atoms with Crippen molar-refractivity contribution in [3.8, 4) is 0 Å². The van der Waals surface area contributed by atoms with Gasteiger partial charge in [-0.2, -0.15) is 0 Å². The summed E-state index contributed by atoms with van der Waals surface area (Å²) in [6, 6.07) is 7.16. The first-order chi connectivity index (χ1) is 9.29. The van der Waals surface area contributed by atoms with Gasteiger partial charge in [0.25, 0.3) is 0 Å².